The van der Waals surface area contributed by atoms with E-state index in [4.69, 9.17) is 9.97 Å². The summed E-state index contributed by atoms with van der Waals surface area (Å²) in [5, 5.41) is 10.9. The fourth-order valence-corrected chi connectivity index (χ4v) is 8.18. The number of fused-ring (bicyclic) bond motifs is 11. The van der Waals surface area contributed by atoms with Gasteiger partial charge in [0.25, 0.3) is 0 Å². The number of benzene rings is 7. The largest absolute Gasteiger partial charge is 0.278 e. The van der Waals surface area contributed by atoms with Crippen molar-refractivity contribution >= 4 is 85.8 Å². The van der Waals surface area contributed by atoms with Crippen LogP contribution in [0.4, 0.5) is 0 Å². The van der Waals surface area contributed by atoms with Crippen molar-refractivity contribution in [3.8, 4) is 17.2 Å². The molecule has 10 rings (SSSR count). The lowest BCUT2D eigenvalue weighted by molar-refractivity contribution is 1.02. The van der Waals surface area contributed by atoms with E-state index in [-0.39, 0.29) is 0 Å². The van der Waals surface area contributed by atoms with Crippen molar-refractivity contribution in [2.45, 2.75) is 0 Å². The van der Waals surface area contributed by atoms with Gasteiger partial charge < -0.3 is 0 Å². The van der Waals surface area contributed by atoms with Crippen LogP contribution in [0.1, 0.15) is 0 Å². The molecule has 0 atom stereocenters. The summed E-state index contributed by atoms with van der Waals surface area (Å²) in [6.45, 7) is 0. The Kier molecular flexibility index (Phi) is 4.87. The minimum absolute atomic E-state index is 0.682. The predicted octanol–water partition coefficient (Wildman–Crippen LogP) is 11.1. The van der Waals surface area contributed by atoms with Crippen LogP contribution in [0.15, 0.2) is 140 Å². The zero-order valence-corrected chi connectivity index (χ0v) is 24.3. The Labute approximate surface area is 256 Å². The maximum absolute atomic E-state index is 5.34. The summed E-state index contributed by atoms with van der Waals surface area (Å²) in [4.78, 5) is 10.7. The normalized spacial score (nSPS) is 12.1. The first-order valence-corrected chi connectivity index (χ1v) is 15.7. The van der Waals surface area contributed by atoms with Gasteiger partial charge in [0.1, 0.15) is 0 Å². The molecule has 0 saturated heterocycles. The van der Waals surface area contributed by atoms with Crippen LogP contribution in [0.2, 0.25) is 0 Å². The van der Waals surface area contributed by atoms with Gasteiger partial charge in [0.15, 0.2) is 0 Å². The smallest absolute Gasteiger partial charge is 0.235 e. The molecule has 0 N–H and O–H groups in total. The van der Waals surface area contributed by atoms with Crippen LogP contribution in [0.3, 0.4) is 0 Å². The Morgan fingerprint density at radius 3 is 2.09 bits per heavy atom. The van der Waals surface area contributed by atoms with E-state index in [1.807, 2.05) is 11.3 Å². The molecule has 0 bridgehead atoms. The first-order chi connectivity index (χ1) is 21.8. The molecule has 0 unspecified atom stereocenters. The molecule has 0 aliphatic heterocycles. The van der Waals surface area contributed by atoms with Crippen LogP contribution in [0.5, 0.6) is 0 Å². The van der Waals surface area contributed by atoms with E-state index in [0.29, 0.717) is 5.95 Å². The number of para-hydroxylation sites is 1. The monoisotopic (exact) mass is 577 g/mol. The molecule has 10 aromatic rings. The lowest BCUT2D eigenvalue weighted by Gasteiger charge is -2.13. The number of rotatable bonds is 2. The molecular formula is C40H23N3S. The molecule has 3 aromatic heterocycles. The fraction of sp³-hybridized carbons (Fsp3) is 0. The zero-order valence-electron chi connectivity index (χ0n) is 23.5. The third-order valence-electron chi connectivity index (χ3n) is 8.98. The van der Waals surface area contributed by atoms with E-state index in [9.17, 15) is 0 Å². The summed E-state index contributed by atoms with van der Waals surface area (Å²) in [6, 6.07) is 49.9. The summed E-state index contributed by atoms with van der Waals surface area (Å²) in [5.74, 6) is 0.682. The molecule has 44 heavy (non-hydrogen) atoms. The minimum atomic E-state index is 0.682. The first-order valence-electron chi connectivity index (χ1n) is 14.8. The van der Waals surface area contributed by atoms with Crippen molar-refractivity contribution in [3.63, 3.8) is 0 Å². The number of thiophene rings is 1. The molecule has 0 amide bonds. The van der Waals surface area contributed by atoms with Crippen LogP contribution in [0, 0.1) is 0 Å². The lowest BCUT2D eigenvalue weighted by atomic mass is 10.0. The van der Waals surface area contributed by atoms with E-state index in [1.54, 1.807) is 0 Å². The van der Waals surface area contributed by atoms with Crippen molar-refractivity contribution < 1.29 is 0 Å². The van der Waals surface area contributed by atoms with Gasteiger partial charge in [-0.15, -0.1) is 11.3 Å². The van der Waals surface area contributed by atoms with Crippen molar-refractivity contribution in [2.24, 2.45) is 0 Å². The van der Waals surface area contributed by atoms with Crippen LogP contribution in [-0.4, -0.2) is 14.5 Å². The van der Waals surface area contributed by atoms with E-state index in [1.165, 1.54) is 47.1 Å². The molecule has 204 valence electrons. The van der Waals surface area contributed by atoms with Gasteiger partial charge in [-0.05, 0) is 41.1 Å². The average Bonchev–Trinajstić information content (AvgIpc) is 3.63. The molecule has 0 saturated carbocycles. The lowest BCUT2D eigenvalue weighted by Crippen LogP contribution is -2.03. The second-order valence-corrected chi connectivity index (χ2v) is 12.5. The maximum Gasteiger partial charge on any atom is 0.235 e. The summed E-state index contributed by atoms with van der Waals surface area (Å²) in [7, 11) is 0. The summed E-state index contributed by atoms with van der Waals surface area (Å²) < 4.78 is 4.91. The second kappa shape index (κ2) is 8.96. The van der Waals surface area contributed by atoms with Gasteiger partial charge in [0.05, 0.1) is 22.2 Å². The van der Waals surface area contributed by atoms with E-state index in [2.05, 4.69) is 144 Å². The number of hydrogen-bond acceptors (Lipinski definition) is 3. The van der Waals surface area contributed by atoms with E-state index in [0.717, 1.165) is 38.6 Å². The Morgan fingerprint density at radius 2 is 1.18 bits per heavy atom. The van der Waals surface area contributed by atoms with Crippen LogP contribution in [0.25, 0.3) is 91.6 Å². The predicted molar refractivity (Wildman–Crippen MR) is 187 cm³/mol. The Hall–Kier alpha value is -5.58. The fourth-order valence-electron chi connectivity index (χ4n) is 6.95. The van der Waals surface area contributed by atoms with E-state index < -0.39 is 0 Å². The van der Waals surface area contributed by atoms with Crippen LogP contribution in [-0.2, 0) is 0 Å². The number of aromatic nitrogens is 3. The highest BCUT2D eigenvalue weighted by molar-refractivity contribution is 7.26. The molecule has 3 heterocycles. The SMILES string of the molecule is c1ccc(-c2nc(-n3c4ccccc4c4cc5c(ccc6c7ccccc7sc56)cc43)nc3c2ccc2ccccc23)cc1. The van der Waals surface area contributed by atoms with Gasteiger partial charge >= 0.3 is 0 Å². The van der Waals surface area contributed by atoms with Gasteiger partial charge in [0.2, 0.25) is 5.95 Å². The Bertz CT molecular complexity index is 2770. The zero-order chi connectivity index (χ0) is 28.8. The molecule has 3 nitrogen and oxygen atoms in total. The first kappa shape index (κ1) is 23.9. The number of hydrogen-bond donors (Lipinski definition) is 0. The summed E-state index contributed by atoms with van der Waals surface area (Å²) in [6.07, 6.45) is 0. The highest BCUT2D eigenvalue weighted by atomic mass is 32.1. The second-order valence-electron chi connectivity index (χ2n) is 11.4. The highest BCUT2D eigenvalue weighted by Gasteiger charge is 2.19. The molecule has 0 fully saturated rings. The standard InChI is InChI=1S/C40H23N3S/c1-2-11-25(12-3-1)37-31-21-18-24-10-4-5-13-27(24)38(31)42-40(41-37)43-34-16-8-6-14-28(34)33-23-32-26(22-35(33)43)19-20-30-29-15-7-9-17-36(29)44-39(30)32/h1-23H. The molecule has 0 spiro atoms. The molecule has 7 aromatic carbocycles. The number of nitrogens with zero attached hydrogens (tertiary/aromatic N) is 3. The maximum atomic E-state index is 5.34. The van der Waals surface area contributed by atoms with Crippen molar-refractivity contribution in [2.75, 3.05) is 0 Å². The summed E-state index contributed by atoms with van der Waals surface area (Å²) in [5.41, 5.74) is 5.19. The molecule has 0 radical (unpaired) electrons. The van der Waals surface area contributed by atoms with Gasteiger partial charge in [-0.1, -0.05) is 109 Å². The quantitative estimate of drug-likeness (QED) is 0.191. The van der Waals surface area contributed by atoms with Crippen molar-refractivity contribution in [3.05, 3.63) is 140 Å². The summed E-state index contributed by atoms with van der Waals surface area (Å²) >= 11 is 1.88. The van der Waals surface area contributed by atoms with Crippen molar-refractivity contribution in [1.29, 1.82) is 0 Å². The molecule has 0 aliphatic rings. The van der Waals surface area contributed by atoms with Crippen molar-refractivity contribution in [1.82, 2.24) is 14.5 Å². The van der Waals surface area contributed by atoms with Crippen LogP contribution >= 0.6 is 11.3 Å². The topological polar surface area (TPSA) is 30.7 Å². The third-order valence-corrected chi connectivity index (χ3v) is 10.2. The van der Waals surface area contributed by atoms with Gasteiger partial charge in [-0.25, -0.2) is 9.97 Å². The molecule has 4 heteroatoms. The van der Waals surface area contributed by atoms with Gasteiger partial charge in [-0.3, -0.25) is 4.57 Å². The highest BCUT2D eigenvalue weighted by Crippen LogP contribution is 2.42. The van der Waals surface area contributed by atoms with E-state index >= 15 is 0 Å². The van der Waals surface area contributed by atoms with Gasteiger partial charge in [-0.2, -0.15) is 0 Å². The molecule has 0 aliphatic carbocycles. The molecular weight excluding hydrogens is 555 g/mol. The Balaban J connectivity index is 1.35. The average molecular weight is 578 g/mol. The third kappa shape index (κ3) is 3.31. The minimum Gasteiger partial charge on any atom is -0.278 e. The Morgan fingerprint density at radius 1 is 0.455 bits per heavy atom. The van der Waals surface area contributed by atoms with Crippen LogP contribution < -0.4 is 0 Å². The van der Waals surface area contributed by atoms with Gasteiger partial charge in [0, 0.05) is 52.7 Å².